The summed E-state index contributed by atoms with van der Waals surface area (Å²) < 4.78 is 38.8. The summed E-state index contributed by atoms with van der Waals surface area (Å²) in [6, 6.07) is 11.9. The van der Waals surface area contributed by atoms with E-state index < -0.39 is 11.7 Å². The van der Waals surface area contributed by atoms with Crippen molar-refractivity contribution < 1.29 is 18.0 Å². The van der Waals surface area contributed by atoms with Crippen LogP contribution in [0.4, 0.5) is 24.5 Å². The normalized spacial score (nSPS) is 20.0. The molecule has 1 amide bonds. The van der Waals surface area contributed by atoms with Gasteiger partial charge in [0.2, 0.25) is 0 Å². The Bertz CT molecular complexity index is 822. The van der Waals surface area contributed by atoms with Crippen molar-refractivity contribution >= 4 is 17.3 Å². The second-order valence-corrected chi connectivity index (χ2v) is 6.89. The van der Waals surface area contributed by atoms with Crippen LogP contribution in [0.5, 0.6) is 0 Å². The molecule has 2 unspecified atom stereocenters. The third-order valence-corrected chi connectivity index (χ3v) is 4.88. The van der Waals surface area contributed by atoms with E-state index in [1.165, 1.54) is 6.07 Å². The standard InChI is InChI=1S/C20H22F3N3O/c1-13-9-14(11-24)12-26(13)19(27)17-7-2-3-8-18(17)25-16-6-4-5-15(10-16)20(21,22)23/h2-8,10,13-14,25H,9,11-12,24H2,1H3. The molecule has 3 rings (SSSR count). The molecular weight excluding hydrogens is 355 g/mol. The fourth-order valence-electron chi connectivity index (χ4n) is 3.46. The van der Waals surface area contributed by atoms with E-state index >= 15 is 0 Å². The van der Waals surface area contributed by atoms with Gasteiger partial charge < -0.3 is 16.0 Å². The number of hydrogen-bond acceptors (Lipinski definition) is 3. The zero-order valence-corrected chi connectivity index (χ0v) is 15.0. The SMILES string of the molecule is CC1CC(CN)CN1C(=O)c1ccccc1Nc1cccc(C(F)(F)F)c1. The number of nitrogens with two attached hydrogens (primary N) is 1. The molecular formula is C20H22F3N3O. The van der Waals surface area contributed by atoms with Gasteiger partial charge >= 0.3 is 6.18 Å². The van der Waals surface area contributed by atoms with Crippen LogP contribution in [0.3, 0.4) is 0 Å². The van der Waals surface area contributed by atoms with Crippen molar-refractivity contribution in [3.63, 3.8) is 0 Å². The van der Waals surface area contributed by atoms with Crippen LogP contribution < -0.4 is 11.1 Å². The summed E-state index contributed by atoms with van der Waals surface area (Å²) in [6.07, 6.45) is -3.57. The monoisotopic (exact) mass is 377 g/mol. The molecule has 2 aromatic carbocycles. The number of alkyl halides is 3. The van der Waals surface area contributed by atoms with Crippen molar-refractivity contribution in [2.45, 2.75) is 25.6 Å². The second-order valence-electron chi connectivity index (χ2n) is 6.89. The maximum atomic E-state index is 13.0. The minimum Gasteiger partial charge on any atom is -0.355 e. The van der Waals surface area contributed by atoms with Crippen LogP contribution in [0.25, 0.3) is 0 Å². The van der Waals surface area contributed by atoms with E-state index in [9.17, 15) is 18.0 Å². The minimum atomic E-state index is -4.42. The number of amides is 1. The van der Waals surface area contributed by atoms with E-state index in [-0.39, 0.29) is 23.6 Å². The molecule has 2 atom stereocenters. The molecule has 1 heterocycles. The molecule has 0 spiro atoms. The van der Waals surface area contributed by atoms with Crippen LogP contribution in [-0.2, 0) is 6.18 Å². The largest absolute Gasteiger partial charge is 0.416 e. The number of likely N-dealkylation sites (tertiary alicyclic amines) is 1. The van der Waals surface area contributed by atoms with Crippen molar-refractivity contribution in [2.24, 2.45) is 11.7 Å². The Balaban J connectivity index is 1.86. The maximum absolute atomic E-state index is 13.0. The molecule has 1 fully saturated rings. The Labute approximate surface area is 156 Å². The molecule has 4 nitrogen and oxygen atoms in total. The first-order valence-corrected chi connectivity index (χ1v) is 8.84. The second kappa shape index (κ2) is 7.60. The van der Waals surface area contributed by atoms with Crippen LogP contribution in [0.1, 0.15) is 29.3 Å². The Hall–Kier alpha value is -2.54. The van der Waals surface area contributed by atoms with E-state index in [4.69, 9.17) is 5.73 Å². The number of carbonyl (C=O) groups is 1. The third-order valence-electron chi connectivity index (χ3n) is 4.88. The van der Waals surface area contributed by atoms with Crippen LogP contribution in [0.2, 0.25) is 0 Å². The highest BCUT2D eigenvalue weighted by molar-refractivity contribution is 6.00. The summed E-state index contributed by atoms with van der Waals surface area (Å²) in [5.74, 6) is 0.126. The van der Waals surface area contributed by atoms with E-state index in [2.05, 4.69) is 5.32 Å². The van der Waals surface area contributed by atoms with Gasteiger partial charge in [0.05, 0.1) is 16.8 Å². The third kappa shape index (κ3) is 4.24. The molecule has 1 aliphatic heterocycles. The number of para-hydroxylation sites is 1. The summed E-state index contributed by atoms with van der Waals surface area (Å²) in [5.41, 5.74) is 6.18. The van der Waals surface area contributed by atoms with Gasteiger partial charge in [-0.1, -0.05) is 18.2 Å². The first kappa shape index (κ1) is 19.2. The molecule has 1 saturated heterocycles. The van der Waals surface area contributed by atoms with Crippen molar-refractivity contribution in [3.05, 3.63) is 59.7 Å². The Morgan fingerprint density at radius 1 is 1.22 bits per heavy atom. The zero-order chi connectivity index (χ0) is 19.6. The number of benzene rings is 2. The van der Waals surface area contributed by atoms with Crippen LogP contribution in [0, 0.1) is 5.92 Å². The van der Waals surface area contributed by atoms with E-state index in [1.807, 2.05) is 6.92 Å². The molecule has 1 aliphatic rings. The molecule has 0 aromatic heterocycles. The molecule has 3 N–H and O–H groups in total. The lowest BCUT2D eigenvalue weighted by atomic mass is 10.1. The molecule has 2 aromatic rings. The maximum Gasteiger partial charge on any atom is 0.416 e. The number of nitrogens with zero attached hydrogens (tertiary/aromatic N) is 1. The molecule has 144 valence electrons. The van der Waals surface area contributed by atoms with Gasteiger partial charge in [0, 0.05) is 18.3 Å². The number of carbonyl (C=O) groups excluding carboxylic acids is 1. The number of halogens is 3. The van der Waals surface area contributed by atoms with Crippen molar-refractivity contribution in [3.8, 4) is 0 Å². The Kier molecular flexibility index (Phi) is 5.41. The lowest BCUT2D eigenvalue weighted by Gasteiger charge is -2.23. The van der Waals surface area contributed by atoms with Crippen molar-refractivity contribution in [1.82, 2.24) is 4.90 Å². The highest BCUT2D eigenvalue weighted by Crippen LogP contribution is 2.32. The lowest BCUT2D eigenvalue weighted by Crippen LogP contribution is -2.34. The molecule has 0 bridgehead atoms. The summed E-state index contributed by atoms with van der Waals surface area (Å²) >= 11 is 0. The van der Waals surface area contributed by atoms with Gasteiger partial charge in [-0.25, -0.2) is 0 Å². The van der Waals surface area contributed by atoms with Crippen LogP contribution >= 0.6 is 0 Å². The quantitative estimate of drug-likeness (QED) is 0.837. The highest BCUT2D eigenvalue weighted by Gasteiger charge is 2.33. The van der Waals surface area contributed by atoms with Gasteiger partial charge in [-0.2, -0.15) is 13.2 Å². The fraction of sp³-hybridized carbons (Fsp3) is 0.350. The van der Waals surface area contributed by atoms with Gasteiger partial charge in [0.25, 0.3) is 5.91 Å². The molecule has 0 saturated carbocycles. The molecule has 7 heteroatoms. The summed E-state index contributed by atoms with van der Waals surface area (Å²) in [6.45, 7) is 3.10. The predicted molar refractivity (Wildman–Crippen MR) is 98.8 cm³/mol. The highest BCUT2D eigenvalue weighted by atomic mass is 19.4. The molecule has 27 heavy (non-hydrogen) atoms. The van der Waals surface area contributed by atoms with E-state index in [1.54, 1.807) is 35.2 Å². The first-order valence-electron chi connectivity index (χ1n) is 8.84. The number of nitrogens with one attached hydrogen (secondary N) is 1. The lowest BCUT2D eigenvalue weighted by molar-refractivity contribution is -0.137. The Morgan fingerprint density at radius 2 is 1.96 bits per heavy atom. The number of rotatable bonds is 4. The average molecular weight is 377 g/mol. The Morgan fingerprint density at radius 3 is 2.63 bits per heavy atom. The van der Waals surface area contributed by atoms with Gasteiger partial charge in [0.15, 0.2) is 0 Å². The van der Waals surface area contributed by atoms with Crippen LogP contribution in [-0.4, -0.2) is 29.9 Å². The summed E-state index contributed by atoms with van der Waals surface area (Å²) in [7, 11) is 0. The first-order chi connectivity index (χ1) is 12.8. The minimum absolute atomic E-state index is 0.0765. The predicted octanol–water partition coefficient (Wildman–Crippen LogP) is 4.26. The summed E-state index contributed by atoms with van der Waals surface area (Å²) in [4.78, 5) is 14.8. The fourth-order valence-corrected chi connectivity index (χ4v) is 3.46. The van der Waals surface area contributed by atoms with Gasteiger partial charge in [-0.15, -0.1) is 0 Å². The number of anilines is 2. The molecule has 0 aliphatic carbocycles. The van der Waals surface area contributed by atoms with Crippen molar-refractivity contribution in [2.75, 3.05) is 18.4 Å². The van der Waals surface area contributed by atoms with Gasteiger partial charge in [-0.05, 0) is 56.1 Å². The molecule has 0 radical (unpaired) electrons. The van der Waals surface area contributed by atoms with Crippen LogP contribution in [0.15, 0.2) is 48.5 Å². The van der Waals surface area contributed by atoms with Gasteiger partial charge in [0.1, 0.15) is 0 Å². The topological polar surface area (TPSA) is 58.4 Å². The average Bonchev–Trinajstić information content (AvgIpc) is 3.02. The van der Waals surface area contributed by atoms with E-state index in [0.29, 0.717) is 24.3 Å². The van der Waals surface area contributed by atoms with E-state index in [0.717, 1.165) is 18.6 Å². The smallest absolute Gasteiger partial charge is 0.355 e. The number of hydrogen-bond donors (Lipinski definition) is 2. The zero-order valence-electron chi connectivity index (χ0n) is 15.0. The summed E-state index contributed by atoms with van der Waals surface area (Å²) in [5, 5.41) is 2.96. The van der Waals surface area contributed by atoms with Crippen molar-refractivity contribution in [1.29, 1.82) is 0 Å². The van der Waals surface area contributed by atoms with Gasteiger partial charge in [-0.3, -0.25) is 4.79 Å².